The number of carbonyl (C=O) groups excluding carboxylic acids is 1. The third-order valence-electron chi connectivity index (χ3n) is 6.43. The van der Waals surface area contributed by atoms with Crippen molar-refractivity contribution in [3.05, 3.63) is 46.8 Å². The smallest absolute Gasteiger partial charge is 0.410 e. The van der Waals surface area contributed by atoms with Gasteiger partial charge in [-0.2, -0.15) is 0 Å². The van der Waals surface area contributed by atoms with Gasteiger partial charge in [-0.05, 0) is 77.6 Å². The highest BCUT2D eigenvalue weighted by Gasteiger charge is 2.35. The van der Waals surface area contributed by atoms with Gasteiger partial charge in [-0.3, -0.25) is 4.90 Å². The first-order valence-corrected chi connectivity index (χ1v) is 12.0. The molecule has 1 aromatic heterocycles. The maximum absolute atomic E-state index is 12.5. The van der Waals surface area contributed by atoms with Crippen molar-refractivity contribution >= 4 is 17.7 Å². The Morgan fingerprint density at radius 2 is 1.88 bits per heavy atom. The fourth-order valence-electron chi connectivity index (χ4n) is 4.96. The van der Waals surface area contributed by atoms with Gasteiger partial charge >= 0.3 is 6.09 Å². The molecule has 1 saturated heterocycles. The Hall–Kier alpha value is -2.67. The minimum absolute atomic E-state index is 0.167. The summed E-state index contributed by atoms with van der Waals surface area (Å²) in [6.07, 6.45) is 4.61. The van der Waals surface area contributed by atoms with Crippen molar-refractivity contribution in [1.29, 1.82) is 0 Å². The van der Waals surface area contributed by atoms with E-state index in [1.807, 2.05) is 31.9 Å². The molecule has 1 aromatic carbocycles. The Kier molecular flexibility index (Phi) is 6.61. The number of anilines is 2. The van der Waals surface area contributed by atoms with Crippen LogP contribution >= 0.6 is 0 Å². The molecule has 2 atom stereocenters. The highest BCUT2D eigenvalue weighted by molar-refractivity contribution is 5.68. The molecule has 1 amide bonds. The standard InChI is InChI=1S/C26H37N5O2/c1-17-11-18(2)13-21(12-17)28-24-27-15-20-16-30(9-8-23(20)29-24)22-7-10-31(19(3)14-22)25(32)33-26(4,5)6/h11-13,15,19,22H,7-10,14,16H2,1-6H3,(H,27,28,29)/t19-,22?/m1/s1. The van der Waals surface area contributed by atoms with Crippen LogP contribution < -0.4 is 5.32 Å². The molecule has 7 nitrogen and oxygen atoms in total. The number of hydrogen-bond donors (Lipinski definition) is 1. The summed E-state index contributed by atoms with van der Waals surface area (Å²) in [5.74, 6) is 0.659. The van der Waals surface area contributed by atoms with Crippen molar-refractivity contribution in [3.63, 3.8) is 0 Å². The molecular weight excluding hydrogens is 414 g/mol. The molecule has 2 aliphatic rings. The number of hydrogen-bond acceptors (Lipinski definition) is 6. The predicted molar refractivity (Wildman–Crippen MR) is 131 cm³/mol. The summed E-state index contributed by atoms with van der Waals surface area (Å²) in [5.41, 5.74) is 5.34. The zero-order chi connectivity index (χ0) is 23.8. The SMILES string of the molecule is Cc1cc(C)cc(Nc2ncc3c(n2)CCN(C2CCN(C(=O)OC(C)(C)C)[C@H](C)C2)C3)c1. The molecule has 0 spiro atoms. The molecule has 178 valence electrons. The number of aryl methyl sites for hydroxylation is 2. The van der Waals surface area contributed by atoms with Crippen LogP contribution in [-0.2, 0) is 17.7 Å². The van der Waals surface area contributed by atoms with E-state index in [2.05, 4.69) is 54.2 Å². The van der Waals surface area contributed by atoms with Crippen LogP contribution in [-0.4, -0.2) is 56.6 Å². The second-order valence-electron chi connectivity index (χ2n) is 10.6. The fraction of sp³-hybridized carbons (Fsp3) is 0.577. The van der Waals surface area contributed by atoms with E-state index in [0.717, 1.165) is 50.3 Å². The van der Waals surface area contributed by atoms with E-state index in [9.17, 15) is 4.79 Å². The molecule has 2 aromatic rings. The third-order valence-corrected chi connectivity index (χ3v) is 6.43. The van der Waals surface area contributed by atoms with E-state index in [1.165, 1.54) is 16.7 Å². The summed E-state index contributed by atoms with van der Waals surface area (Å²) in [4.78, 5) is 26.4. The van der Waals surface area contributed by atoms with Crippen molar-refractivity contribution in [2.45, 2.75) is 85.0 Å². The molecule has 1 unspecified atom stereocenters. The summed E-state index contributed by atoms with van der Waals surface area (Å²) in [7, 11) is 0. The van der Waals surface area contributed by atoms with Crippen LogP contribution in [0.3, 0.4) is 0 Å². The van der Waals surface area contributed by atoms with E-state index >= 15 is 0 Å². The van der Waals surface area contributed by atoms with E-state index in [0.29, 0.717) is 12.0 Å². The van der Waals surface area contributed by atoms with Crippen LogP contribution in [0.4, 0.5) is 16.4 Å². The van der Waals surface area contributed by atoms with Crippen LogP contribution in [0.1, 0.15) is 62.9 Å². The fourth-order valence-corrected chi connectivity index (χ4v) is 4.96. The highest BCUT2D eigenvalue weighted by atomic mass is 16.6. The van der Waals surface area contributed by atoms with Crippen LogP contribution in [0.25, 0.3) is 0 Å². The molecule has 1 N–H and O–H groups in total. The first-order chi connectivity index (χ1) is 15.6. The minimum atomic E-state index is -0.462. The topological polar surface area (TPSA) is 70.6 Å². The summed E-state index contributed by atoms with van der Waals surface area (Å²) in [6.45, 7) is 14.6. The first-order valence-electron chi connectivity index (χ1n) is 12.0. The summed E-state index contributed by atoms with van der Waals surface area (Å²) in [5, 5.41) is 3.36. The van der Waals surface area contributed by atoms with Crippen LogP contribution in [0.5, 0.6) is 0 Å². The molecule has 0 radical (unpaired) electrons. The lowest BCUT2D eigenvalue weighted by atomic mass is 9.94. The molecule has 0 saturated carbocycles. The number of carbonyl (C=O) groups is 1. The molecule has 2 aliphatic heterocycles. The van der Waals surface area contributed by atoms with E-state index < -0.39 is 5.60 Å². The number of nitrogens with one attached hydrogen (secondary N) is 1. The Balaban J connectivity index is 1.37. The number of fused-ring (bicyclic) bond motifs is 1. The van der Waals surface area contributed by atoms with Crippen LogP contribution in [0, 0.1) is 13.8 Å². The van der Waals surface area contributed by atoms with Crippen molar-refractivity contribution in [3.8, 4) is 0 Å². The number of ether oxygens (including phenoxy) is 1. The normalized spacial score (nSPS) is 21.5. The van der Waals surface area contributed by atoms with Gasteiger partial charge in [0.15, 0.2) is 0 Å². The van der Waals surface area contributed by atoms with Crippen molar-refractivity contribution in [2.24, 2.45) is 0 Å². The first kappa shape index (κ1) is 23.5. The number of aromatic nitrogens is 2. The van der Waals surface area contributed by atoms with E-state index in [1.54, 1.807) is 0 Å². The van der Waals surface area contributed by atoms with Gasteiger partial charge in [-0.25, -0.2) is 14.8 Å². The lowest BCUT2D eigenvalue weighted by Crippen LogP contribution is -2.52. The largest absolute Gasteiger partial charge is 0.444 e. The molecule has 1 fully saturated rings. The average Bonchev–Trinajstić information content (AvgIpc) is 2.71. The second-order valence-corrected chi connectivity index (χ2v) is 10.6. The van der Waals surface area contributed by atoms with Crippen molar-refractivity contribution in [1.82, 2.24) is 19.8 Å². The van der Waals surface area contributed by atoms with E-state index in [-0.39, 0.29) is 12.1 Å². The van der Waals surface area contributed by atoms with Gasteiger partial charge in [0.05, 0.1) is 5.69 Å². The second kappa shape index (κ2) is 9.29. The van der Waals surface area contributed by atoms with Crippen LogP contribution in [0.2, 0.25) is 0 Å². The van der Waals surface area contributed by atoms with Crippen molar-refractivity contribution in [2.75, 3.05) is 18.4 Å². The molecule has 0 aliphatic carbocycles. The highest BCUT2D eigenvalue weighted by Crippen LogP contribution is 2.28. The molecular formula is C26H37N5O2. The number of piperidine rings is 1. The third kappa shape index (κ3) is 5.82. The summed E-state index contributed by atoms with van der Waals surface area (Å²) < 4.78 is 5.59. The van der Waals surface area contributed by atoms with Gasteiger partial charge in [0, 0.05) is 55.6 Å². The zero-order valence-electron chi connectivity index (χ0n) is 20.8. The van der Waals surface area contributed by atoms with Crippen molar-refractivity contribution < 1.29 is 9.53 Å². The lowest BCUT2D eigenvalue weighted by molar-refractivity contribution is 0.000144. The summed E-state index contributed by atoms with van der Waals surface area (Å²) >= 11 is 0. The zero-order valence-corrected chi connectivity index (χ0v) is 20.8. The van der Waals surface area contributed by atoms with Gasteiger partial charge < -0.3 is 15.0 Å². The van der Waals surface area contributed by atoms with Gasteiger partial charge in [0.25, 0.3) is 0 Å². The van der Waals surface area contributed by atoms with Gasteiger partial charge in [0.1, 0.15) is 5.60 Å². The van der Waals surface area contributed by atoms with Crippen LogP contribution in [0.15, 0.2) is 24.4 Å². The maximum atomic E-state index is 12.5. The number of benzene rings is 1. The maximum Gasteiger partial charge on any atom is 0.410 e. The summed E-state index contributed by atoms with van der Waals surface area (Å²) in [6, 6.07) is 7.01. The number of rotatable bonds is 3. The molecule has 4 rings (SSSR count). The van der Waals surface area contributed by atoms with Gasteiger partial charge in [-0.1, -0.05) is 6.07 Å². The minimum Gasteiger partial charge on any atom is -0.444 e. The number of nitrogens with zero attached hydrogens (tertiary/aromatic N) is 4. The van der Waals surface area contributed by atoms with Gasteiger partial charge in [0.2, 0.25) is 5.95 Å². The average molecular weight is 452 g/mol. The molecule has 3 heterocycles. The quantitative estimate of drug-likeness (QED) is 0.709. The Bertz CT molecular complexity index is 996. The van der Waals surface area contributed by atoms with E-state index in [4.69, 9.17) is 9.72 Å². The Labute approximate surface area is 197 Å². The Morgan fingerprint density at radius 3 is 2.55 bits per heavy atom. The molecule has 33 heavy (non-hydrogen) atoms. The predicted octanol–water partition coefficient (Wildman–Crippen LogP) is 4.98. The monoisotopic (exact) mass is 451 g/mol. The number of amides is 1. The molecule has 7 heteroatoms. The number of likely N-dealkylation sites (tertiary alicyclic amines) is 1. The Morgan fingerprint density at radius 1 is 1.15 bits per heavy atom. The lowest BCUT2D eigenvalue weighted by Gasteiger charge is -2.43. The molecule has 0 bridgehead atoms. The van der Waals surface area contributed by atoms with Gasteiger partial charge in [-0.15, -0.1) is 0 Å².